The molecule has 1 N–H and O–H groups in total. The SMILES string of the molecule is O=C(O)c1ccc(-n2cccc2C=Nc2ccccc2Br)cc1. The van der Waals surface area contributed by atoms with Gasteiger partial charge in [0.05, 0.1) is 23.2 Å². The number of carbonyl (C=O) groups is 1. The molecule has 3 rings (SSSR count). The van der Waals surface area contributed by atoms with Gasteiger partial charge in [-0.1, -0.05) is 12.1 Å². The molecular weight excluding hydrogens is 356 g/mol. The molecule has 0 bridgehead atoms. The summed E-state index contributed by atoms with van der Waals surface area (Å²) in [5.74, 6) is -0.931. The molecule has 0 atom stereocenters. The van der Waals surface area contributed by atoms with Gasteiger partial charge in [-0.2, -0.15) is 0 Å². The van der Waals surface area contributed by atoms with Gasteiger partial charge in [0.2, 0.25) is 0 Å². The molecule has 0 amide bonds. The first-order valence-corrected chi connectivity index (χ1v) is 7.74. The Hall–Kier alpha value is -2.66. The highest BCUT2D eigenvalue weighted by Gasteiger charge is 2.05. The minimum absolute atomic E-state index is 0.268. The van der Waals surface area contributed by atoms with Crippen LogP contribution in [-0.4, -0.2) is 21.9 Å². The van der Waals surface area contributed by atoms with Crippen LogP contribution in [0.1, 0.15) is 16.1 Å². The number of aliphatic imine (C=N–C) groups is 1. The molecule has 0 aliphatic carbocycles. The van der Waals surface area contributed by atoms with Gasteiger partial charge in [-0.15, -0.1) is 0 Å². The standard InChI is InChI=1S/C18H13BrN2O2/c19-16-5-1-2-6-17(16)20-12-15-4-3-11-21(15)14-9-7-13(8-10-14)18(22)23/h1-12H,(H,22,23). The minimum atomic E-state index is -0.931. The van der Waals surface area contributed by atoms with E-state index >= 15 is 0 Å². The molecule has 114 valence electrons. The Kier molecular flexibility index (Phi) is 4.39. The van der Waals surface area contributed by atoms with E-state index in [9.17, 15) is 4.79 Å². The summed E-state index contributed by atoms with van der Waals surface area (Å²) in [6.45, 7) is 0. The zero-order valence-corrected chi connectivity index (χ0v) is 13.6. The Labute approximate surface area is 141 Å². The van der Waals surface area contributed by atoms with Crippen LogP contribution in [-0.2, 0) is 0 Å². The lowest BCUT2D eigenvalue weighted by Gasteiger charge is -2.06. The van der Waals surface area contributed by atoms with E-state index in [0.717, 1.165) is 21.5 Å². The molecule has 5 heteroatoms. The van der Waals surface area contributed by atoms with Crippen LogP contribution in [0.3, 0.4) is 0 Å². The quantitative estimate of drug-likeness (QED) is 0.679. The molecular formula is C18H13BrN2O2. The first-order chi connectivity index (χ1) is 11.1. The fourth-order valence-corrected chi connectivity index (χ4v) is 2.58. The third-order valence-corrected chi connectivity index (χ3v) is 4.03. The average molecular weight is 369 g/mol. The molecule has 0 saturated carbocycles. The summed E-state index contributed by atoms with van der Waals surface area (Å²) in [5, 5.41) is 8.96. The van der Waals surface area contributed by atoms with E-state index < -0.39 is 5.97 Å². The van der Waals surface area contributed by atoms with E-state index in [1.807, 2.05) is 47.2 Å². The number of aromatic nitrogens is 1. The van der Waals surface area contributed by atoms with Gasteiger partial charge in [0.25, 0.3) is 0 Å². The maximum Gasteiger partial charge on any atom is 0.335 e. The number of rotatable bonds is 4. The molecule has 0 unspecified atom stereocenters. The van der Waals surface area contributed by atoms with Crippen molar-refractivity contribution in [3.63, 3.8) is 0 Å². The number of carboxylic acid groups (broad SMARTS) is 1. The van der Waals surface area contributed by atoms with Crippen molar-refractivity contribution in [3.05, 3.63) is 82.6 Å². The highest BCUT2D eigenvalue weighted by Crippen LogP contribution is 2.24. The van der Waals surface area contributed by atoms with Crippen molar-refractivity contribution in [1.29, 1.82) is 0 Å². The van der Waals surface area contributed by atoms with Crippen molar-refractivity contribution < 1.29 is 9.90 Å². The lowest BCUT2D eigenvalue weighted by atomic mass is 10.2. The Balaban J connectivity index is 1.90. The monoisotopic (exact) mass is 368 g/mol. The number of benzene rings is 2. The van der Waals surface area contributed by atoms with Crippen LogP contribution in [0.15, 0.2) is 76.3 Å². The van der Waals surface area contributed by atoms with Gasteiger partial charge < -0.3 is 9.67 Å². The maximum atomic E-state index is 10.9. The molecule has 0 fully saturated rings. The van der Waals surface area contributed by atoms with Crippen LogP contribution in [0.4, 0.5) is 5.69 Å². The smallest absolute Gasteiger partial charge is 0.335 e. The van der Waals surface area contributed by atoms with E-state index in [0.29, 0.717) is 0 Å². The average Bonchev–Trinajstić information content (AvgIpc) is 3.02. The Bertz CT molecular complexity index is 867. The molecule has 4 nitrogen and oxygen atoms in total. The van der Waals surface area contributed by atoms with Gasteiger partial charge >= 0.3 is 5.97 Å². The highest BCUT2D eigenvalue weighted by molar-refractivity contribution is 9.10. The van der Waals surface area contributed by atoms with Crippen molar-refractivity contribution in [2.24, 2.45) is 4.99 Å². The van der Waals surface area contributed by atoms with Crippen molar-refractivity contribution in [2.45, 2.75) is 0 Å². The van der Waals surface area contributed by atoms with E-state index in [1.165, 1.54) is 0 Å². The van der Waals surface area contributed by atoms with Gasteiger partial charge in [-0.25, -0.2) is 4.79 Å². The maximum absolute atomic E-state index is 10.9. The number of hydrogen-bond donors (Lipinski definition) is 1. The second kappa shape index (κ2) is 6.62. The third-order valence-electron chi connectivity index (χ3n) is 3.36. The van der Waals surface area contributed by atoms with Gasteiger partial charge in [0.15, 0.2) is 0 Å². The summed E-state index contributed by atoms with van der Waals surface area (Å²) in [4.78, 5) is 15.4. The lowest BCUT2D eigenvalue weighted by molar-refractivity contribution is 0.0697. The van der Waals surface area contributed by atoms with E-state index in [4.69, 9.17) is 5.11 Å². The lowest BCUT2D eigenvalue weighted by Crippen LogP contribution is -2.00. The first-order valence-electron chi connectivity index (χ1n) is 6.95. The second-order valence-electron chi connectivity index (χ2n) is 4.86. The molecule has 2 aromatic carbocycles. The predicted molar refractivity (Wildman–Crippen MR) is 94.1 cm³/mol. The Morgan fingerprint density at radius 2 is 1.78 bits per heavy atom. The van der Waals surface area contributed by atoms with Crippen molar-refractivity contribution in [3.8, 4) is 5.69 Å². The van der Waals surface area contributed by atoms with Crippen LogP contribution in [0, 0.1) is 0 Å². The Morgan fingerprint density at radius 1 is 1.04 bits per heavy atom. The molecule has 1 aromatic heterocycles. The number of para-hydroxylation sites is 1. The Morgan fingerprint density at radius 3 is 2.48 bits per heavy atom. The predicted octanol–water partition coefficient (Wildman–Crippen LogP) is 4.69. The second-order valence-corrected chi connectivity index (χ2v) is 5.72. The zero-order valence-electron chi connectivity index (χ0n) is 12.1. The summed E-state index contributed by atoms with van der Waals surface area (Å²) in [6, 6.07) is 18.3. The first kappa shape index (κ1) is 15.2. The number of hydrogen-bond acceptors (Lipinski definition) is 2. The molecule has 0 aliphatic heterocycles. The van der Waals surface area contributed by atoms with Crippen LogP contribution < -0.4 is 0 Å². The number of carboxylic acids is 1. The van der Waals surface area contributed by atoms with Gasteiger partial charge in [-0.3, -0.25) is 4.99 Å². The molecule has 0 aliphatic rings. The van der Waals surface area contributed by atoms with Crippen LogP contribution >= 0.6 is 15.9 Å². The van der Waals surface area contributed by atoms with Crippen molar-refractivity contribution >= 4 is 33.8 Å². The largest absolute Gasteiger partial charge is 0.478 e. The zero-order chi connectivity index (χ0) is 16.2. The molecule has 3 aromatic rings. The van der Waals surface area contributed by atoms with E-state index in [2.05, 4.69) is 20.9 Å². The third kappa shape index (κ3) is 3.40. The summed E-state index contributed by atoms with van der Waals surface area (Å²) in [5.41, 5.74) is 2.91. The summed E-state index contributed by atoms with van der Waals surface area (Å²) < 4.78 is 2.88. The van der Waals surface area contributed by atoms with Crippen molar-refractivity contribution in [2.75, 3.05) is 0 Å². The fourth-order valence-electron chi connectivity index (χ4n) is 2.19. The summed E-state index contributed by atoms with van der Waals surface area (Å²) in [7, 11) is 0. The topological polar surface area (TPSA) is 54.6 Å². The van der Waals surface area contributed by atoms with Gasteiger partial charge in [-0.05, 0) is 64.5 Å². The van der Waals surface area contributed by atoms with Gasteiger partial charge in [0.1, 0.15) is 0 Å². The van der Waals surface area contributed by atoms with E-state index in [-0.39, 0.29) is 5.56 Å². The minimum Gasteiger partial charge on any atom is -0.478 e. The van der Waals surface area contributed by atoms with Crippen molar-refractivity contribution in [1.82, 2.24) is 4.57 Å². The summed E-state index contributed by atoms with van der Waals surface area (Å²) in [6.07, 6.45) is 3.70. The number of halogens is 1. The fraction of sp³-hybridized carbons (Fsp3) is 0. The highest BCUT2D eigenvalue weighted by atomic mass is 79.9. The van der Waals surface area contributed by atoms with E-state index in [1.54, 1.807) is 30.5 Å². The molecule has 1 heterocycles. The normalized spacial score (nSPS) is 11.0. The van der Waals surface area contributed by atoms with Crippen LogP contribution in [0.25, 0.3) is 5.69 Å². The molecule has 0 radical (unpaired) electrons. The number of nitrogens with zero attached hydrogens (tertiary/aromatic N) is 2. The molecule has 0 saturated heterocycles. The molecule has 0 spiro atoms. The van der Waals surface area contributed by atoms with Crippen LogP contribution in [0.5, 0.6) is 0 Å². The molecule has 23 heavy (non-hydrogen) atoms. The summed E-state index contributed by atoms with van der Waals surface area (Å²) >= 11 is 3.47. The number of aromatic carboxylic acids is 1. The van der Waals surface area contributed by atoms with Crippen LogP contribution in [0.2, 0.25) is 0 Å². The van der Waals surface area contributed by atoms with Gasteiger partial charge in [0, 0.05) is 16.4 Å².